The molecule has 2 aromatic rings. The standard InChI is InChI=1S/C23H27N3O5S2/c1-5-31-23(28)20-16(4)19(11-24)22(32-20)25-21(27)17-6-8-18(9-7-17)33(29,30)26-12-14(2)10-15(3)13-26/h6-9,14-15H,5,10,12-13H2,1-4H3,(H,25,27). The van der Waals surface area contributed by atoms with E-state index in [-0.39, 0.29) is 44.3 Å². The average molecular weight is 490 g/mol. The van der Waals surface area contributed by atoms with Crippen molar-refractivity contribution in [1.82, 2.24) is 4.31 Å². The number of benzene rings is 1. The van der Waals surface area contributed by atoms with Crippen LogP contribution in [0.3, 0.4) is 0 Å². The number of thiophene rings is 1. The summed E-state index contributed by atoms with van der Waals surface area (Å²) in [5.41, 5.74) is 0.883. The average Bonchev–Trinajstić information content (AvgIpc) is 3.08. The van der Waals surface area contributed by atoms with E-state index in [2.05, 4.69) is 5.32 Å². The molecule has 1 saturated heterocycles. The second-order valence-electron chi connectivity index (χ2n) is 8.34. The predicted octanol–water partition coefficient (Wildman–Crippen LogP) is 4.02. The van der Waals surface area contributed by atoms with Gasteiger partial charge in [-0.25, -0.2) is 13.2 Å². The number of hydrogen-bond donors (Lipinski definition) is 1. The molecular formula is C23H27N3O5S2. The number of nitriles is 1. The van der Waals surface area contributed by atoms with Crippen LogP contribution < -0.4 is 5.32 Å². The maximum atomic E-state index is 13.0. The smallest absolute Gasteiger partial charge is 0.348 e. The molecule has 2 atom stereocenters. The number of nitrogens with one attached hydrogen (secondary N) is 1. The van der Waals surface area contributed by atoms with Gasteiger partial charge < -0.3 is 10.1 Å². The van der Waals surface area contributed by atoms with Crippen molar-refractivity contribution >= 4 is 38.2 Å². The molecule has 1 amide bonds. The molecule has 1 aromatic heterocycles. The highest BCUT2D eigenvalue weighted by Crippen LogP contribution is 2.33. The van der Waals surface area contributed by atoms with Crippen molar-refractivity contribution < 1.29 is 22.7 Å². The molecule has 1 N–H and O–H groups in total. The summed E-state index contributed by atoms with van der Waals surface area (Å²) in [4.78, 5) is 25.3. The highest BCUT2D eigenvalue weighted by atomic mass is 32.2. The van der Waals surface area contributed by atoms with Crippen molar-refractivity contribution in [2.45, 2.75) is 39.0 Å². The molecule has 2 unspecified atom stereocenters. The van der Waals surface area contributed by atoms with E-state index in [1.807, 2.05) is 19.9 Å². The number of nitrogens with zero attached hydrogens (tertiary/aromatic N) is 2. The first-order valence-corrected chi connectivity index (χ1v) is 13.0. The van der Waals surface area contributed by atoms with Gasteiger partial charge in [0.25, 0.3) is 5.91 Å². The minimum Gasteiger partial charge on any atom is -0.462 e. The van der Waals surface area contributed by atoms with Crippen LogP contribution in [0.2, 0.25) is 0 Å². The molecule has 0 radical (unpaired) electrons. The van der Waals surface area contributed by atoms with Gasteiger partial charge in [-0.1, -0.05) is 13.8 Å². The van der Waals surface area contributed by atoms with Crippen molar-refractivity contribution in [2.24, 2.45) is 11.8 Å². The molecule has 0 bridgehead atoms. The van der Waals surface area contributed by atoms with Crippen LogP contribution in [0.4, 0.5) is 5.00 Å². The molecule has 8 nitrogen and oxygen atoms in total. The van der Waals surface area contributed by atoms with Crippen LogP contribution in [0.5, 0.6) is 0 Å². The highest BCUT2D eigenvalue weighted by Gasteiger charge is 2.31. The lowest BCUT2D eigenvalue weighted by Gasteiger charge is -2.34. The lowest BCUT2D eigenvalue weighted by atomic mass is 9.94. The van der Waals surface area contributed by atoms with E-state index in [0.717, 1.165) is 17.8 Å². The fraction of sp³-hybridized carbons (Fsp3) is 0.435. The van der Waals surface area contributed by atoms with E-state index < -0.39 is 21.9 Å². The van der Waals surface area contributed by atoms with Crippen LogP contribution >= 0.6 is 11.3 Å². The van der Waals surface area contributed by atoms with Crippen LogP contribution in [0.1, 0.15) is 58.3 Å². The molecular weight excluding hydrogens is 462 g/mol. The molecule has 0 saturated carbocycles. The summed E-state index contributed by atoms with van der Waals surface area (Å²) in [7, 11) is -3.65. The number of carbonyl (C=O) groups is 2. The monoisotopic (exact) mass is 489 g/mol. The lowest BCUT2D eigenvalue weighted by molar-refractivity contribution is 0.0531. The number of amides is 1. The van der Waals surface area contributed by atoms with Gasteiger partial charge in [0.1, 0.15) is 15.9 Å². The van der Waals surface area contributed by atoms with Crippen molar-refractivity contribution in [3.05, 3.63) is 45.8 Å². The van der Waals surface area contributed by atoms with E-state index >= 15 is 0 Å². The van der Waals surface area contributed by atoms with Gasteiger partial charge in [-0.05, 0) is 61.9 Å². The Morgan fingerprint density at radius 3 is 2.36 bits per heavy atom. The summed E-state index contributed by atoms with van der Waals surface area (Å²) < 4.78 is 32.6. The second-order valence-corrected chi connectivity index (χ2v) is 11.3. The first-order chi connectivity index (χ1) is 15.6. The van der Waals surface area contributed by atoms with Gasteiger partial charge in [-0.15, -0.1) is 11.3 Å². The summed E-state index contributed by atoms with van der Waals surface area (Å²) in [6.45, 7) is 8.55. The Labute approximate surface area is 198 Å². The largest absolute Gasteiger partial charge is 0.462 e. The third-order valence-electron chi connectivity index (χ3n) is 5.54. The molecule has 3 rings (SSSR count). The summed E-state index contributed by atoms with van der Waals surface area (Å²) in [6.07, 6.45) is 0.996. The van der Waals surface area contributed by atoms with Crippen LogP contribution in [0, 0.1) is 30.1 Å². The summed E-state index contributed by atoms with van der Waals surface area (Å²) in [5.74, 6) is -0.478. The van der Waals surface area contributed by atoms with Crippen molar-refractivity contribution in [3.8, 4) is 6.07 Å². The Kier molecular flexibility index (Phi) is 7.57. The minimum absolute atomic E-state index is 0.134. The lowest BCUT2D eigenvalue weighted by Crippen LogP contribution is -2.42. The quantitative estimate of drug-likeness (QED) is 0.613. The number of piperidine rings is 1. The van der Waals surface area contributed by atoms with Gasteiger partial charge in [0.05, 0.1) is 17.1 Å². The van der Waals surface area contributed by atoms with Crippen LogP contribution in [0.15, 0.2) is 29.2 Å². The third-order valence-corrected chi connectivity index (χ3v) is 8.57. The SMILES string of the molecule is CCOC(=O)c1sc(NC(=O)c2ccc(S(=O)(=O)N3CC(C)CC(C)C3)cc2)c(C#N)c1C. The number of carbonyl (C=O) groups excluding carboxylic acids is 2. The predicted molar refractivity (Wildman–Crippen MR) is 126 cm³/mol. The zero-order chi connectivity index (χ0) is 24.3. The Balaban J connectivity index is 1.80. The zero-order valence-corrected chi connectivity index (χ0v) is 20.7. The molecule has 2 heterocycles. The number of esters is 1. The van der Waals surface area contributed by atoms with E-state index in [9.17, 15) is 23.3 Å². The van der Waals surface area contributed by atoms with Gasteiger partial charge in [0, 0.05) is 18.7 Å². The Bertz CT molecular complexity index is 1190. The summed E-state index contributed by atoms with van der Waals surface area (Å²) in [6, 6.07) is 7.74. The summed E-state index contributed by atoms with van der Waals surface area (Å²) >= 11 is 0.977. The highest BCUT2D eigenvalue weighted by molar-refractivity contribution is 7.89. The van der Waals surface area contributed by atoms with E-state index in [1.165, 1.54) is 28.6 Å². The van der Waals surface area contributed by atoms with Gasteiger partial charge in [0.2, 0.25) is 10.0 Å². The zero-order valence-electron chi connectivity index (χ0n) is 19.0. The Morgan fingerprint density at radius 1 is 1.21 bits per heavy atom. The second kappa shape index (κ2) is 10.0. The van der Waals surface area contributed by atoms with Crippen LogP contribution in [0.25, 0.3) is 0 Å². The molecule has 0 aliphatic carbocycles. The van der Waals surface area contributed by atoms with Gasteiger partial charge in [0.15, 0.2) is 0 Å². The summed E-state index contributed by atoms with van der Waals surface area (Å²) in [5, 5.41) is 12.4. The van der Waals surface area contributed by atoms with Crippen molar-refractivity contribution in [2.75, 3.05) is 25.0 Å². The molecule has 33 heavy (non-hydrogen) atoms. The Hall–Kier alpha value is -2.74. The maximum absolute atomic E-state index is 13.0. The number of sulfonamides is 1. The molecule has 0 spiro atoms. The van der Waals surface area contributed by atoms with Crippen LogP contribution in [-0.2, 0) is 14.8 Å². The van der Waals surface area contributed by atoms with E-state index in [4.69, 9.17) is 4.74 Å². The molecule has 10 heteroatoms. The molecule has 1 fully saturated rings. The van der Waals surface area contributed by atoms with Crippen LogP contribution in [-0.4, -0.2) is 44.3 Å². The van der Waals surface area contributed by atoms with E-state index in [0.29, 0.717) is 18.7 Å². The van der Waals surface area contributed by atoms with Gasteiger partial charge >= 0.3 is 5.97 Å². The topological polar surface area (TPSA) is 117 Å². The molecule has 1 aliphatic rings. The molecule has 1 aliphatic heterocycles. The fourth-order valence-electron chi connectivity index (χ4n) is 4.03. The minimum atomic E-state index is -3.65. The Morgan fingerprint density at radius 2 is 1.82 bits per heavy atom. The number of anilines is 1. The van der Waals surface area contributed by atoms with Crippen molar-refractivity contribution in [3.63, 3.8) is 0 Å². The third kappa shape index (κ3) is 5.27. The fourth-order valence-corrected chi connectivity index (χ4v) is 6.76. The number of hydrogen-bond acceptors (Lipinski definition) is 7. The van der Waals surface area contributed by atoms with Crippen molar-refractivity contribution in [1.29, 1.82) is 5.26 Å². The normalized spacial score (nSPS) is 19.0. The van der Waals surface area contributed by atoms with Gasteiger partial charge in [-0.2, -0.15) is 9.57 Å². The molecule has 1 aromatic carbocycles. The first kappa shape index (κ1) is 24.9. The van der Waals surface area contributed by atoms with E-state index in [1.54, 1.807) is 13.8 Å². The number of ether oxygens (including phenoxy) is 1. The maximum Gasteiger partial charge on any atom is 0.348 e. The van der Waals surface area contributed by atoms with Gasteiger partial charge in [-0.3, -0.25) is 4.79 Å². The number of rotatable bonds is 6. The molecule has 176 valence electrons. The first-order valence-electron chi connectivity index (χ1n) is 10.7.